The van der Waals surface area contributed by atoms with Crippen LogP contribution in [0.25, 0.3) is 11.5 Å². The first kappa shape index (κ1) is 18.8. The smallest absolute Gasteiger partial charge is 0.416 e. The van der Waals surface area contributed by atoms with Gasteiger partial charge >= 0.3 is 6.18 Å². The average molecular weight is 390 g/mol. The number of aromatic nitrogens is 2. The summed E-state index contributed by atoms with van der Waals surface area (Å²) in [6.45, 7) is 0. The van der Waals surface area contributed by atoms with Crippen molar-refractivity contribution in [1.82, 2.24) is 9.97 Å². The lowest BCUT2D eigenvalue weighted by atomic mass is 10.1. The lowest BCUT2D eigenvalue weighted by molar-refractivity contribution is -0.137. The summed E-state index contributed by atoms with van der Waals surface area (Å²) < 4.78 is 44.5. The van der Waals surface area contributed by atoms with Gasteiger partial charge in [-0.05, 0) is 36.6 Å². The van der Waals surface area contributed by atoms with E-state index in [1.54, 1.807) is 25.4 Å². The molecular weight excluding hydrogens is 377 g/mol. The Morgan fingerprint density at radius 1 is 1.19 bits per heavy atom. The minimum Gasteiger partial charge on any atom is -0.463 e. The molecule has 3 aromatic rings. The second-order valence-electron chi connectivity index (χ2n) is 5.45. The minimum absolute atomic E-state index is 0.114. The van der Waals surface area contributed by atoms with Crippen LogP contribution in [0.15, 0.2) is 52.2 Å². The molecule has 5 nitrogen and oxygen atoms in total. The average Bonchev–Trinajstić information content (AvgIpc) is 3.20. The zero-order valence-corrected chi connectivity index (χ0v) is 15.1. The normalized spacial score (nSPS) is 11.3. The Bertz CT molecular complexity index is 997. The standard InChI is InChI=1S/C18H13F3N4OS/c1-25(12-6-3-5-11(9-12)18(19,20)21)16-13(10-22)15(14-7-4-8-26-14)23-17(24-16)27-2/h3-9H,1-2H3. The minimum atomic E-state index is -4.47. The maximum atomic E-state index is 13.0. The molecular formula is C18H13F3N4OS. The molecule has 0 N–H and O–H groups in total. The number of nitrogens with zero attached hydrogens (tertiary/aromatic N) is 4. The third kappa shape index (κ3) is 3.75. The summed E-state index contributed by atoms with van der Waals surface area (Å²) in [7, 11) is 1.55. The maximum Gasteiger partial charge on any atom is 0.416 e. The first-order valence-electron chi connectivity index (χ1n) is 7.66. The zero-order chi connectivity index (χ0) is 19.6. The summed E-state index contributed by atoms with van der Waals surface area (Å²) in [5.41, 5.74) is -0.133. The molecule has 9 heteroatoms. The molecule has 0 radical (unpaired) electrons. The summed E-state index contributed by atoms with van der Waals surface area (Å²) in [6, 6.07) is 10.2. The van der Waals surface area contributed by atoms with Crippen LogP contribution in [0.4, 0.5) is 24.7 Å². The van der Waals surface area contributed by atoms with Crippen molar-refractivity contribution >= 4 is 23.3 Å². The van der Waals surface area contributed by atoms with Crippen molar-refractivity contribution in [1.29, 1.82) is 5.26 Å². The van der Waals surface area contributed by atoms with Crippen molar-refractivity contribution in [2.75, 3.05) is 18.2 Å². The van der Waals surface area contributed by atoms with Gasteiger partial charge in [-0.1, -0.05) is 17.8 Å². The van der Waals surface area contributed by atoms with E-state index in [0.717, 1.165) is 12.1 Å². The molecule has 0 aliphatic carbocycles. The van der Waals surface area contributed by atoms with Gasteiger partial charge in [0.15, 0.2) is 16.7 Å². The molecule has 1 aromatic carbocycles. The number of hydrogen-bond acceptors (Lipinski definition) is 6. The highest BCUT2D eigenvalue weighted by Gasteiger charge is 2.31. The Balaban J connectivity index is 2.16. The fourth-order valence-corrected chi connectivity index (χ4v) is 2.83. The predicted molar refractivity (Wildman–Crippen MR) is 95.7 cm³/mol. The van der Waals surface area contributed by atoms with Gasteiger partial charge < -0.3 is 9.32 Å². The van der Waals surface area contributed by atoms with Gasteiger partial charge in [0.1, 0.15) is 17.3 Å². The Morgan fingerprint density at radius 2 is 1.96 bits per heavy atom. The van der Waals surface area contributed by atoms with Crippen LogP contribution >= 0.6 is 11.8 Å². The molecule has 2 aromatic heterocycles. The fraction of sp³-hybridized carbons (Fsp3) is 0.167. The first-order chi connectivity index (χ1) is 12.8. The predicted octanol–water partition coefficient (Wildman–Crippen LogP) is 5.12. The Labute approximate surface area is 157 Å². The van der Waals surface area contributed by atoms with Crippen LogP contribution in [0.2, 0.25) is 0 Å². The van der Waals surface area contributed by atoms with Gasteiger partial charge in [0.2, 0.25) is 0 Å². The van der Waals surface area contributed by atoms with Gasteiger partial charge in [0.25, 0.3) is 0 Å². The molecule has 0 saturated carbocycles. The Morgan fingerprint density at radius 3 is 2.56 bits per heavy atom. The lowest BCUT2D eigenvalue weighted by Crippen LogP contribution is -2.16. The molecule has 0 fully saturated rings. The van der Waals surface area contributed by atoms with Crippen LogP contribution in [-0.4, -0.2) is 23.3 Å². The van der Waals surface area contributed by atoms with Crippen LogP contribution in [0.1, 0.15) is 11.1 Å². The van der Waals surface area contributed by atoms with E-state index in [1.807, 2.05) is 6.07 Å². The number of furan rings is 1. The van der Waals surface area contributed by atoms with Gasteiger partial charge in [0, 0.05) is 12.7 Å². The molecule has 0 amide bonds. The number of anilines is 2. The summed E-state index contributed by atoms with van der Waals surface area (Å²) in [5.74, 6) is 0.575. The quantitative estimate of drug-likeness (QED) is 0.455. The summed E-state index contributed by atoms with van der Waals surface area (Å²) in [6.07, 6.45) is -1.25. The molecule has 138 valence electrons. The number of benzene rings is 1. The summed E-state index contributed by atoms with van der Waals surface area (Å²) in [4.78, 5) is 10.1. The highest BCUT2D eigenvalue weighted by atomic mass is 32.2. The van der Waals surface area contributed by atoms with E-state index >= 15 is 0 Å². The number of hydrogen-bond donors (Lipinski definition) is 0. The number of nitriles is 1. The van der Waals surface area contributed by atoms with Gasteiger partial charge in [0.05, 0.1) is 11.8 Å². The molecule has 27 heavy (non-hydrogen) atoms. The highest BCUT2D eigenvalue weighted by molar-refractivity contribution is 7.98. The van der Waals surface area contributed by atoms with Crippen LogP contribution in [-0.2, 0) is 6.18 Å². The molecule has 3 rings (SSSR count). The molecule has 0 atom stereocenters. The second-order valence-corrected chi connectivity index (χ2v) is 6.23. The number of halogens is 3. The molecule has 0 aliphatic rings. The molecule has 0 aliphatic heterocycles. The van der Waals surface area contributed by atoms with Crippen LogP contribution in [0.3, 0.4) is 0 Å². The van der Waals surface area contributed by atoms with E-state index in [2.05, 4.69) is 9.97 Å². The number of rotatable bonds is 4. The van der Waals surface area contributed by atoms with Gasteiger partial charge in [-0.15, -0.1) is 0 Å². The maximum absolute atomic E-state index is 13.0. The Hall–Kier alpha value is -2.99. The molecule has 0 bridgehead atoms. The van der Waals surface area contributed by atoms with Crippen molar-refractivity contribution in [2.45, 2.75) is 11.3 Å². The first-order valence-corrected chi connectivity index (χ1v) is 8.88. The SMILES string of the molecule is CSc1nc(-c2ccco2)c(C#N)c(N(C)c2cccc(C(F)(F)F)c2)n1. The van der Waals surface area contributed by atoms with E-state index in [-0.39, 0.29) is 22.8 Å². The van der Waals surface area contributed by atoms with Crippen molar-refractivity contribution in [2.24, 2.45) is 0 Å². The summed E-state index contributed by atoms with van der Waals surface area (Å²) >= 11 is 1.25. The van der Waals surface area contributed by atoms with Gasteiger partial charge in [-0.2, -0.15) is 18.4 Å². The van der Waals surface area contributed by atoms with E-state index in [1.165, 1.54) is 35.1 Å². The molecule has 2 heterocycles. The van der Waals surface area contributed by atoms with Crippen LogP contribution < -0.4 is 4.90 Å². The number of alkyl halides is 3. The van der Waals surface area contributed by atoms with Crippen molar-refractivity contribution in [3.8, 4) is 17.5 Å². The molecule has 0 spiro atoms. The Kier molecular flexibility index (Phi) is 5.10. The monoisotopic (exact) mass is 390 g/mol. The largest absolute Gasteiger partial charge is 0.463 e. The van der Waals surface area contributed by atoms with Crippen LogP contribution in [0, 0.1) is 11.3 Å². The van der Waals surface area contributed by atoms with Crippen molar-refractivity contribution < 1.29 is 17.6 Å². The van der Waals surface area contributed by atoms with E-state index in [9.17, 15) is 18.4 Å². The number of thioether (sulfide) groups is 1. The fourth-order valence-electron chi connectivity index (χ4n) is 2.47. The van der Waals surface area contributed by atoms with Crippen molar-refractivity contribution in [3.05, 3.63) is 53.8 Å². The highest BCUT2D eigenvalue weighted by Crippen LogP contribution is 2.36. The third-order valence-corrected chi connectivity index (χ3v) is 4.34. The third-order valence-electron chi connectivity index (χ3n) is 3.80. The van der Waals surface area contributed by atoms with Crippen LogP contribution in [0.5, 0.6) is 0 Å². The van der Waals surface area contributed by atoms with E-state index < -0.39 is 11.7 Å². The molecule has 0 unspecified atom stereocenters. The van der Waals surface area contributed by atoms with Gasteiger partial charge in [-0.3, -0.25) is 0 Å². The molecule has 0 saturated heterocycles. The zero-order valence-electron chi connectivity index (χ0n) is 14.3. The topological polar surface area (TPSA) is 66.0 Å². The van der Waals surface area contributed by atoms with Crippen molar-refractivity contribution in [3.63, 3.8) is 0 Å². The second kappa shape index (κ2) is 7.32. The van der Waals surface area contributed by atoms with E-state index in [0.29, 0.717) is 10.9 Å². The van der Waals surface area contributed by atoms with E-state index in [4.69, 9.17) is 4.42 Å². The van der Waals surface area contributed by atoms with Gasteiger partial charge in [-0.25, -0.2) is 9.97 Å². The lowest BCUT2D eigenvalue weighted by Gasteiger charge is -2.21. The summed E-state index contributed by atoms with van der Waals surface area (Å²) in [5, 5.41) is 10.0.